The Morgan fingerprint density at radius 2 is 1.82 bits per heavy atom. The van der Waals surface area contributed by atoms with Gasteiger partial charge in [0.15, 0.2) is 11.6 Å². The Hall–Kier alpha value is -3.47. The Balaban J connectivity index is 1.64. The van der Waals surface area contributed by atoms with Crippen LogP contribution >= 0.6 is 0 Å². The van der Waals surface area contributed by atoms with Crippen LogP contribution in [0.2, 0.25) is 0 Å². The summed E-state index contributed by atoms with van der Waals surface area (Å²) in [4.78, 5) is 33.1. The minimum Gasteiger partial charge on any atom is -0.386 e. The molecule has 0 spiro atoms. The fraction of sp³-hybridized carbons (Fsp3) is 0.357. The zero-order valence-electron chi connectivity index (χ0n) is 21.2. The van der Waals surface area contributed by atoms with Gasteiger partial charge in [0.1, 0.15) is 34.4 Å². The number of ether oxygens (including phenoxy) is 1. The van der Waals surface area contributed by atoms with Gasteiger partial charge in [0.2, 0.25) is 0 Å². The van der Waals surface area contributed by atoms with Gasteiger partial charge in [0.05, 0.1) is 17.8 Å². The molecule has 38 heavy (non-hydrogen) atoms. The summed E-state index contributed by atoms with van der Waals surface area (Å²) in [5.41, 5.74) is 4.30. The van der Waals surface area contributed by atoms with Gasteiger partial charge in [-0.25, -0.2) is 18.2 Å². The number of nitrogens with two attached hydrogens (primary N) is 1. The first kappa shape index (κ1) is 27.6. The Morgan fingerprint density at radius 1 is 1.13 bits per heavy atom. The summed E-state index contributed by atoms with van der Waals surface area (Å²) in [6, 6.07) is 4.83. The molecule has 3 aromatic rings. The lowest BCUT2D eigenvalue weighted by molar-refractivity contribution is -0.171. The van der Waals surface area contributed by atoms with Crippen molar-refractivity contribution in [3.8, 4) is 11.3 Å². The summed E-state index contributed by atoms with van der Waals surface area (Å²) in [7, 11) is 0. The van der Waals surface area contributed by atoms with Crippen molar-refractivity contribution >= 4 is 11.6 Å². The average Bonchev–Trinajstić information content (AvgIpc) is 2.87. The summed E-state index contributed by atoms with van der Waals surface area (Å²) in [6.45, 7) is 4.87. The Morgan fingerprint density at radius 3 is 2.45 bits per heavy atom. The molecule has 0 aliphatic carbocycles. The molecule has 0 amide bonds. The highest BCUT2D eigenvalue weighted by atomic mass is 19.1. The van der Waals surface area contributed by atoms with E-state index in [9.17, 15) is 27.9 Å². The van der Waals surface area contributed by atoms with Crippen LogP contribution < -0.4 is 5.73 Å². The quantitative estimate of drug-likeness (QED) is 0.435. The van der Waals surface area contributed by atoms with Crippen molar-refractivity contribution in [1.29, 1.82) is 0 Å². The van der Waals surface area contributed by atoms with Gasteiger partial charge in [-0.3, -0.25) is 14.6 Å². The van der Waals surface area contributed by atoms with Gasteiger partial charge in [-0.1, -0.05) is 6.92 Å². The summed E-state index contributed by atoms with van der Waals surface area (Å²) in [6.07, 6.45) is 2.11. The number of carbonyl (C=O) groups excluding carboxylic acids is 2. The fourth-order valence-corrected chi connectivity index (χ4v) is 4.51. The van der Waals surface area contributed by atoms with Crippen LogP contribution in [-0.2, 0) is 11.2 Å². The number of ketones is 2. The number of rotatable bonds is 7. The molecular weight excluding hydrogens is 499 g/mol. The first-order valence-corrected chi connectivity index (χ1v) is 12.2. The van der Waals surface area contributed by atoms with E-state index in [1.807, 2.05) is 0 Å². The number of hydrogen-bond acceptors (Lipinski definition) is 7. The largest absolute Gasteiger partial charge is 0.386 e. The molecule has 3 heterocycles. The summed E-state index contributed by atoms with van der Waals surface area (Å²) < 4.78 is 50.2. The van der Waals surface area contributed by atoms with Crippen LogP contribution in [0.15, 0.2) is 42.7 Å². The molecule has 0 radical (unpaired) electrons. The number of hydrogen-bond donors (Lipinski definition) is 2. The molecule has 1 aromatic carbocycles. The van der Waals surface area contributed by atoms with Crippen molar-refractivity contribution in [3.05, 3.63) is 82.6 Å². The zero-order valence-corrected chi connectivity index (χ0v) is 21.2. The van der Waals surface area contributed by atoms with Crippen LogP contribution in [0.5, 0.6) is 0 Å². The van der Waals surface area contributed by atoms with E-state index in [0.29, 0.717) is 17.5 Å². The SMILES string of the molecule is CCC(=O)c1cc(F)c(-c2nc(C(=O)Cc3cnccc3[C@H]3C[C@@H](N)[C@](C)(O)[C@@H](C)O3)ccc2F)c(F)c1. The summed E-state index contributed by atoms with van der Waals surface area (Å²) >= 11 is 0. The third-order valence-corrected chi connectivity index (χ3v) is 7.10. The minimum atomic E-state index is -1.22. The molecule has 0 unspecified atom stereocenters. The van der Waals surface area contributed by atoms with Crippen molar-refractivity contribution in [2.45, 2.75) is 63.9 Å². The number of nitrogens with zero attached hydrogens (tertiary/aromatic N) is 2. The molecule has 0 bridgehead atoms. The second-order valence-electron chi connectivity index (χ2n) is 9.63. The lowest BCUT2D eigenvalue weighted by Crippen LogP contribution is -2.58. The smallest absolute Gasteiger partial charge is 0.185 e. The zero-order chi connectivity index (χ0) is 27.8. The Bertz CT molecular complexity index is 1360. The van der Waals surface area contributed by atoms with Gasteiger partial charge in [0.25, 0.3) is 0 Å². The highest BCUT2D eigenvalue weighted by Crippen LogP contribution is 2.37. The maximum absolute atomic E-state index is 14.8. The Kier molecular flexibility index (Phi) is 7.78. The number of carbonyl (C=O) groups is 2. The van der Waals surface area contributed by atoms with Crippen molar-refractivity contribution in [1.82, 2.24) is 9.97 Å². The van der Waals surface area contributed by atoms with Crippen LogP contribution in [0, 0.1) is 17.5 Å². The van der Waals surface area contributed by atoms with Crippen molar-refractivity contribution < 1.29 is 32.6 Å². The Labute approximate surface area is 217 Å². The van der Waals surface area contributed by atoms with Crippen molar-refractivity contribution in [3.63, 3.8) is 0 Å². The number of pyridine rings is 2. The molecule has 1 aliphatic rings. The van der Waals surface area contributed by atoms with Crippen LogP contribution in [0.1, 0.15) is 71.7 Å². The lowest BCUT2D eigenvalue weighted by Gasteiger charge is -2.44. The van der Waals surface area contributed by atoms with Crippen LogP contribution in [0.3, 0.4) is 0 Å². The fourth-order valence-electron chi connectivity index (χ4n) is 4.51. The van der Waals surface area contributed by atoms with Crippen LogP contribution in [0.25, 0.3) is 11.3 Å². The first-order valence-electron chi connectivity index (χ1n) is 12.2. The van der Waals surface area contributed by atoms with E-state index in [1.54, 1.807) is 33.0 Å². The normalized spacial score (nSPS) is 23.3. The second kappa shape index (κ2) is 10.7. The van der Waals surface area contributed by atoms with E-state index in [2.05, 4.69) is 9.97 Å². The predicted octanol–water partition coefficient (Wildman–Crippen LogP) is 4.51. The van der Waals surface area contributed by atoms with Crippen molar-refractivity contribution in [2.24, 2.45) is 5.73 Å². The van der Waals surface area contributed by atoms with E-state index in [-0.39, 0.29) is 24.1 Å². The minimum absolute atomic E-state index is 0.0429. The molecule has 4 atom stereocenters. The van der Waals surface area contributed by atoms with E-state index in [4.69, 9.17) is 10.5 Å². The van der Waals surface area contributed by atoms with Crippen LogP contribution in [-0.4, -0.2) is 44.4 Å². The molecule has 3 N–H and O–H groups in total. The summed E-state index contributed by atoms with van der Waals surface area (Å²) in [5, 5.41) is 10.6. The van der Waals surface area contributed by atoms with Crippen LogP contribution in [0.4, 0.5) is 13.2 Å². The maximum Gasteiger partial charge on any atom is 0.185 e. The van der Waals surface area contributed by atoms with E-state index < -0.39 is 64.1 Å². The van der Waals surface area contributed by atoms with Gasteiger partial charge >= 0.3 is 0 Å². The first-order chi connectivity index (χ1) is 17.9. The standard InChI is InChI=1S/C28H28F3N3O4/c1-4-22(35)15-9-19(30)26(20(31)10-15)27-18(29)5-6-21(34-27)23(36)11-16-13-33-8-7-17(16)24-12-25(32)28(3,37)14(2)38-24/h5-10,13-14,24-25,37H,4,11-12,32H2,1-3H3/t14-,24-,25-,28-/m1/s1. The average molecular weight is 528 g/mol. The number of aliphatic hydroxyl groups is 1. The molecule has 10 heteroatoms. The molecule has 1 saturated heterocycles. The maximum atomic E-state index is 14.8. The van der Waals surface area contributed by atoms with Gasteiger partial charge in [-0.2, -0.15) is 0 Å². The third kappa shape index (κ3) is 5.24. The molecular formula is C28H28F3N3O4. The van der Waals surface area contributed by atoms with Gasteiger partial charge in [-0.15, -0.1) is 0 Å². The number of aromatic nitrogens is 2. The molecule has 2 aromatic heterocycles. The van der Waals surface area contributed by atoms with E-state index in [0.717, 1.165) is 24.3 Å². The second-order valence-corrected chi connectivity index (χ2v) is 9.63. The van der Waals surface area contributed by atoms with E-state index >= 15 is 0 Å². The summed E-state index contributed by atoms with van der Waals surface area (Å²) in [5.74, 6) is -4.37. The monoisotopic (exact) mass is 527 g/mol. The van der Waals surface area contributed by atoms with Gasteiger partial charge in [-0.05, 0) is 61.7 Å². The highest BCUT2D eigenvalue weighted by molar-refractivity contribution is 5.97. The molecule has 0 saturated carbocycles. The molecule has 1 aliphatic heterocycles. The van der Waals surface area contributed by atoms with Crippen molar-refractivity contribution in [2.75, 3.05) is 0 Å². The number of benzene rings is 1. The van der Waals surface area contributed by atoms with Gasteiger partial charge < -0.3 is 15.6 Å². The highest BCUT2D eigenvalue weighted by Gasteiger charge is 2.43. The lowest BCUT2D eigenvalue weighted by atomic mass is 9.82. The molecule has 7 nitrogen and oxygen atoms in total. The molecule has 4 rings (SSSR count). The number of Topliss-reactive ketones (excluding diaryl/α,β-unsaturated/α-hetero) is 2. The van der Waals surface area contributed by atoms with E-state index in [1.165, 1.54) is 6.20 Å². The third-order valence-electron chi connectivity index (χ3n) is 7.10. The number of halogens is 3. The van der Waals surface area contributed by atoms with Gasteiger partial charge in [0, 0.05) is 36.8 Å². The topological polar surface area (TPSA) is 115 Å². The molecule has 1 fully saturated rings. The predicted molar refractivity (Wildman–Crippen MR) is 133 cm³/mol. The molecule has 200 valence electrons.